The Labute approximate surface area is 175 Å². The molecule has 0 saturated heterocycles. The number of benzene rings is 2. The van der Waals surface area contributed by atoms with Gasteiger partial charge in [0.1, 0.15) is 11.8 Å². The second-order valence-corrected chi connectivity index (χ2v) is 7.23. The van der Waals surface area contributed by atoms with Gasteiger partial charge in [0, 0.05) is 29.6 Å². The maximum absolute atomic E-state index is 12.2. The van der Waals surface area contributed by atoms with Gasteiger partial charge < -0.3 is 20.1 Å². The van der Waals surface area contributed by atoms with E-state index < -0.39 is 24.5 Å². The summed E-state index contributed by atoms with van der Waals surface area (Å²) in [6.45, 7) is -0.421. The summed E-state index contributed by atoms with van der Waals surface area (Å²) in [6, 6.07) is 9.20. The standard InChI is InChI=1S/C19H15Cl3N2O4/c20-12-6-14(22)17(7-13(12)21)28-9-18(25)24-16(19(26)27)5-10-8-23-15-4-2-1-3-11(10)15/h1-4,6-8,16,23H,5,9H2,(H,24,25)(H,26,27). The highest BCUT2D eigenvalue weighted by Gasteiger charge is 2.22. The Morgan fingerprint density at radius 1 is 1.11 bits per heavy atom. The van der Waals surface area contributed by atoms with Gasteiger partial charge in [0.2, 0.25) is 0 Å². The first-order valence-corrected chi connectivity index (χ1v) is 9.33. The van der Waals surface area contributed by atoms with Gasteiger partial charge in [-0.2, -0.15) is 0 Å². The fraction of sp³-hybridized carbons (Fsp3) is 0.158. The summed E-state index contributed by atoms with van der Waals surface area (Å²) in [5.41, 5.74) is 1.68. The van der Waals surface area contributed by atoms with Crippen molar-refractivity contribution in [1.29, 1.82) is 0 Å². The monoisotopic (exact) mass is 440 g/mol. The molecule has 1 heterocycles. The molecule has 6 nitrogen and oxygen atoms in total. The van der Waals surface area contributed by atoms with E-state index in [0.717, 1.165) is 16.5 Å². The van der Waals surface area contributed by atoms with Crippen LogP contribution in [0.15, 0.2) is 42.6 Å². The third-order valence-corrected chi connectivity index (χ3v) is 5.08. The van der Waals surface area contributed by atoms with Crippen molar-refractivity contribution in [3.63, 3.8) is 0 Å². The molecule has 0 aliphatic rings. The van der Waals surface area contributed by atoms with Crippen molar-refractivity contribution in [3.8, 4) is 5.75 Å². The Balaban J connectivity index is 1.65. The number of fused-ring (bicyclic) bond motifs is 1. The van der Waals surface area contributed by atoms with Gasteiger partial charge in [-0.05, 0) is 17.7 Å². The highest BCUT2D eigenvalue weighted by Crippen LogP contribution is 2.33. The molecule has 146 valence electrons. The summed E-state index contributed by atoms with van der Waals surface area (Å²) >= 11 is 17.7. The molecule has 1 unspecified atom stereocenters. The van der Waals surface area contributed by atoms with Crippen molar-refractivity contribution in [3.05, 3.63) is 63.2 Å². The van der Waals surface area contributed by atoms with E-state index in [2.05, 4.69) is 10.3 Å². The Kier molecular flexibility index (Phi) is 6.34. The average Bonchev–Trinajstić information content (AvgIpc) is 3.06. The first-order chi connectivity index (χ1) is 13.3. The number of H-pyrrole nitrogens is 1. The van der Waals surface area contributed by atoms with Crippen LogP contribution in [0.5, 0.6) is 5.75 Å². The highest BCUT2D eigenvalue weighted by atomic mass is 35.5. The van der Waals surface area contributed by atoms with E-state index in [1.807, 2.05) is 24.3 Å². The van der Waals surface area contributed by atoms with E-state index in [9.17, 15) is 14.7 Å². The number of amides is 1. The van der Waals surface area contributed by atoms with Gasteiger partial charge in [-0.1, -0.05) is 53.0 Å². The normalized spacial score (nSPS) is 12.0. The van der Waals surface area contributed by atoms with Crippen LogP contribution in [0.2, 0.25) is 15.1 Å². The molecule has 1 amide bonds. The maximum atomic E-state index is 12.2. The number of nitrogens with one attached hydrogen (secondary N) is 2. The molecule has 9 heteroatoms. The number of aromatic amines is 1. The molecule has 1 aromatic heterocycles. The van der Waals surface area contributed by atoms with E-state index in [-0.39, 0.29) is 27.2 Å². The minimum Gasteiger partial charge on any atom is -0.482 e. The van der Waals surface area contributed by atoms with E-state index in [1.54, 1.807) is 6.20 Å². The molecule has 3 aromatic rings. The number of rotatable bonds is 7. The van der Waals surface area contributed by atoms with Gasteiger partial charge in [0.05, 0.1) is 15.1 Å². The first-order valence-electron chi connectivity index (χ1n) is 8.19. The lowest BCUT2D eigenvalue weighted by Crippen LogP contribution is -2.44. The Morgan fingerprint density at radius 2 is 1.82 bits per heavy atom. The molecule has 3 N–H and O–H groups in total. The van der Waals surface area contributed by atoms with Crippen molar-refractivity contribution >= 4 is 57.6 Å². The zero-order valence-corrected chi connectivity index (χ0v) is 16.6. The minimum absolute atomic E-state index is 0.124. The van der Waals surface area contributed by atoms with Crippen LogP contribution in [-0.2, 0) is 16.0 Å². The van der Waals surface area contributed by atoms with Crippen LogP contribution in [0.4, 0.5) is 0 Å². The van der Waals surface area contributed by atoms with Crippen molar-refractivity contribution in [2.75, 3.05) is 6.61 Å². The molecule has 1 atom stereocenters. The lowest BCUT2D eigenvalue weighted by atomic mass is 10.1. The molecule has 3 rings (SSSR count). The zero-order valence-electron chi connectivity index (χ0n) is 14.3. The number of carboxylic acids is 1. The molecule has 28 heavy (non-hydrogen) atoms. The number of carbonyl (C=O) groups excluding carboxylic acids is 1. The van der Waals surface area contributed by atoms with Gasteiger partial charge in [-0.15, -0.1) is 0 Å². The molecule has 2 aromatic carbocycles. The summed E-state index contributed by atoms with van der Waals surface area (Å²) in [6.07, 6.45) is 1.86. The molecule has 0 radical (unpaired) electrons. The molecule has 0 saturated carbocycles. The van der Waals surface area contributed by atoms with Crippen molar-refractivity contribution < 1.29 is 19.4 Å². The molecule has 0 aliphatic carbocycles. The third kappa shape index (κ3) is 4.70. The van der Waals surface area contributed by atoms with Gasteiger partial charge in [-0.3, -0.25) is 4.79 Å². The van der Waals surface area contributed by atoms with Crippen LogP contribution in [0.1, 0.15) is 5.56 Å². The number of halogens is 3. The lowest BCUT2D eigenvalue weighted by molar-refractivity contribution is -0.142. The number of carbonyl (C=O) groups is 2. The van der Waals surface area contributed by atoms with Crippen molar-refractivity contribution in [1.82, 2.24) is 10.3 Å². The Morgan fingerprint density at radius 3 is 2.57 bits per heavy atom. The van der Waals surface area contributed by atoms with Crippen LogP contribution in [0.25, 0.3) is 10.9 Å². The van der Waals surface area contributed by atoms with E-state index >= 15 is 0 Å². The number of hydrogen-bond donors (Lipinski definition) is 3. The fourth-order valence-corrected chi connectivity index (χ4v) is 3.31. The van der Waals surface area contributed by atoms with Crippen LogP contribution in [0, 0.1) is 0 Å². The first kappa shape index (κ1) is 20.3. The average molecular weight is 442 g/mol. The molecule has 0 spiro atoms. The summed E-state index contributed by atoms with van der Waals surface area (Å²) in [5.74, 6) is -1.57. The lowest BCUT2D eigenvalue weighted by Gasteiger charge is -2.15. The topological polar surface area (TPSA) is 91.4 Å². The number of aliphatic carboxylic acids is 1. The number of para-hydroxylation sites is 1. The van der Waals surface area contributed by atoms with Crippen LogP contribution in [-0.4, -0.2) is 34.6 Å². The summed E-state index contributed by atoms with van der Waals surface area (Å²) in [4.78, 5) is 26.8. The minimum atomic E-state index is -1.15. The fourth-order valence-electron chi connectivity index (χ4n) is 2.71. The Bertz CT molecular complexity index is 1040. The Hall–Kier alpha value is -2.41. The molecule has 0 fully saturated rings. The van der Waals surface area contributed by atoms with E-state index in [4.69, 9.17) is 39.5 Å². The summed E-state index contributed by atoms with van der Waals surface area (Å²) in [7, 11) is 0. The van der Waals surface area contributed by atoms with Gasteiger partial charge in [-0.25, -0.2) is 4.79 Å². The molecule has 0 bridgehead atoms. The second kappa shape index (κ2) is 8.73. The number of aromatic nitrogens is 1. The predicted molar refractivity (Wildman–Crippen MR) is 109 cm³/mol. The summed E-state index contributed by atoms with van der Waals surface area (Å²) < 4.78 is 5.33. The second-order valence-electron chi connectivity index (χ2n) is 6.01. The highest BCUT2D eigenvalue weighted by molar-refractivity contribution is 6.43. The number of ether oxygens (including phenoxy) is 1. The van der Waals surface area contributed by atoms with E-state index in [1.165, 1.54) is 12.1 Å². The van der Waals surface area contributed by atoms with Gasteiger partial charge in [0.15, 0.2) is 6.61 Å². The number of hydrogen-bond acceptors (Lipinski definition) is 3. The molecule has 0 aliphatic heterocycles. The van der Waals surface area contributed by atoms with E-state index in [0.29, 0.717) is 0 Å². The largest absolute Gasteiger partial charge is 0.482 e. The quantitative estimate of drug-likeness (QED) is 0.476. The summed E-state index contributed by atoms with van der Waals surface area (Å²) in [5, 5.41) is 13.5. The SMILES string of the molecule is O=C(COc1cc(Cl)c(Cl)cc1Cl)NC(Cc1c[nH]c2ccccc12)C(=O)O. The maximum Gasteiger partial charge on any atom is 0.326 e. The van der Waals surface area contributed by atoms with Crippen molar-refractivity contribution in [2.24, 2.45) is 0 Å². The molecular weight excluding hydrogens is 427 g/mol. The molecular formula is C19H15Cl3N2O4. The predicted octanol–water partition coefficient (Wildman–Crippen LogP) is 4.32. The van der Waals surface area contributed by atoms with Gasteiger partial charge in [0.25, 0.3) is 5.91 Å². The van der Waals surface area contributed by atoms with Crippen LogP contribution >= 0.6 is 34.8 Å². The van der Waals surface area contributed by atoms with Crippen LogP contribution < -0.4 is 10.1 Å². The van der Waals surface area contributed by atoms with Gasteiger partial charge >= 0.3 is 5.97 Å². The van der Waals surface area contributed by atoms with Crippen LogP contribution in [0.3, 0.4) is 0 Å². The van der Waals surface area contributed by atoms with Crippen molar-refractivity contribution in [2.45, 2.75) is 12.5 Å². The smallest absolute Gasteiger partial charge is 0.326 e. The third-order valence-electron chi connectivity index (χ3n) is 4.07. The number of carboxylic acid groups (broad SMARTS) is 1. The zero-order chi connectivity index (χ0) is 20.3.